The zero-order valence-electron chi connectivity index (χ0n) is 15.8. The third-order valence-corrected chi connectivity index (χ3v) is 6.85. The van der Waals surface area contributed by atoms with E-state index in [2.05, 4.69) is 67.6 Å². The highest BCUT2D eigenvalue weighted by Crippen LogP contribution is 2.55. The second kappa shape index (κ2) is 6.27. The Balaban J connectivity index is 1.53. The van der Waals surface area contributed by atoms with Crippen LogP contribution in [0.15, 0.2) is 54.1 Å². The lowest BCUT2D eigenvalue weighted by Crippen LogP contribution is -2.22. The van der Waals surface area contributed by atoms with Crippen molar-refractivity contribution >= 4 is 12.2 Å². The third-order valence-electron chi connectivity index (χ3n) is 6.85. The molecule has 3 aliphatic carbocycles. The first kappa shape index (κ1) is 16.1. The van der Waals surface area contributed by atoms with E-state index in [-0.39, 0.29) is 0 Å². The normalized spacial score (nSPS) is 27.4. The molecule has 2 bridgehead atoms. The maximum Gasteiger partial charge on any atom is -0.00994 e. The number of allylic oxidation sites excluding steroid dienone is 2. The Morgan fingerprint density at radius 2 is 1.81 bits per heavy atom. The predicted molar refractivity (Wildman–Crippen MR) is 111 cm³/mol. The molecule has 0 atom stereocenters. The first-order chi connectivity index (χ1) is 12.7. The Morgan fingerprint density at radius 1 is 1.00 bits per heavy atom. The molecule has 26 heavy (non-hydrogen) atoms. The minimum atomic E-state index is 0.511. The van der Waals surface area contributed by atoms with E-state index < -0.39 is 0 Å². The average molecular weight is 341 g/mol. The summed E-state index contributed by atoms with van der Waals surface area (Å²) in [5.74, 6) is 1.01. The van der Waals surface area contributed by atoms with Crippen molar-refractivity contribution in [3.63, 3.8) is 0 Å². The van der Waals surface area contributed by atoms with Crippen LogP contribution in [0.25, 0.3) is 23.3 Å². The van der Waals surface area contributed by atoms with E-state index in [0.29, 0.717) is 5.41 Å². The molecule has 5 rings (SSSR count). The van der Waals surface area contributed by atoms with E-state index >= 15 is 0 Å². The quantitative estimate of drug-likeness (QED) is 0.700. The van der Waals surface area contributed by atoms with Crippen LogP contribution >= 0.6 is 0 Å². The van der Waals surface area contributed by atoms with Gasteiger partial charge in [-0.2, -0.15) is 0 Å². The number of benzene rings is 2. The van der Waals surface area contributed by atoms with Crippen LogP contribution in [-0.2, 0) is 6.42 Å². The zero-order chi connectivity index (χ0) is 17.6. The van der Waals surface area contributed by atoms with Crippen LogP contribution in [-0.4, -0.2) is 0 Å². The van der Waals surface area contributed by atoms with Crippen LogP contribution in [0, 0.1) is 11.3 Å². The SMILES string of the molecule is CCCc1ccc(-c2cccc3c2=CC(=CC24CCC(CC2)C4)C=3)cc1. The Labute approximate surface area is 157 Å². The number of hydrogen-bond donors (Lipinski definition) is 0. The van der Waals surface area contributed by atoms with Crippen LogP contribution in [0.5, 0.6) is 0 Å². The number of aryl methyl sites for hydroxylation is 1. The van der Waals surface area contributed by atoms with E-state index in [4.69, 9.17) is 0 Å². The van der Waals surface area contributed by atoms with Crippen molar-refractivity contribution in [2.24, 2.45) is 11.3 Å². The van der Waals surface area contributed by atoms with Gasteiger partial charge < -0.3 is 0 Å². The monoisotopic (exact) mass is 340 g/mol. The topological polar surface area (TPSA) is 0 Å². The van der Waals surface area contributed by atoms with Crippen molar-refractivity contribution < 1.29 is 0 Å². The predicted octanol–water partition coefficient (Wildman–Crippen LogP) is 5.39. The van der Waals surface area contributed by atoms with Crippen LogP contribution in [0.3, 0.4) is 0 Å². The fourth-order valence-corrected chi connectivity index (χ4v) is 5.53. The molecule has 2 aromatic rings. The minimum absolute atomic E-state index is 0.511. The van der Waals surface area contributed by atoms with E-state index in [1.165, 1.54) is 77.6 Å². The molecule has 2 aromatic carbocycles. The maximum atomic E-state index is 2.62. The summed E-state index contributed by atoms with van der Waals surface area (Å²) in [6.07, 6.45) is 17.0. The molecule has 2 saturated carbocycles. The fourth-order valence-electron chi connectivity index (χ4n) is 5.53. The van der Waals surface area contributed by atoms with Gasteiger partial charge in [-0.1, -0.05) is 61.9 Å². The van der Waals surface area contributed by atoms with E-state index in [9.17, 15) is 0 Å². The van der Waals surface area contributed by atoms with Gasteiger partial charge in [0.15, 0.2) is 0 Å². The maximum absolute atomic E-state index is 2.62. The van der Waals surface area contributed by atoms with Gasteiger partial charge in [-0.15, -0.1) is 0 Å². The van der Waals surface area contributed by atoms with Gasteiger partial charge in [-0.05, 0) is 94.7 Å². The largest absolute Gasteiger partial charge is 0.0710 e. The molecule has 0 aliphatic heterocycles. The fraction of sp³-hybridized carbons (Fsp3) is 0.385. The van der Waals surface area contributed by atoms with Gasteiger partial charge in [0.2, 0.25) is 0 Å². The molecule has 0 spiro atoms. The molecule has 2 fully saturated rings. The summed E-state index contributed by atoms with van der Waals surface area (Å²) in [4.78, 5) is 0. The Hall–Kier alpha value is -2.08. The number of fused-ring (bicyclic) bond motifs is 3. The van der Waals surface area contributed by atoms with Crippen LogP contribution < -0.4 is 10.4 Å². The van der Waals surface area contributed by atoms with Crippen molar-refractivity contribution in [3.8, 4) is 11.1 Å². The van der Waals surface area contributed by atoms with Gasteiger partial charge >= 0.3 is 0 Å². The van der Waals surface area contributed by atoms with Gasteiger partial charge in [-0.3, -0.25) is 0 Å². The average Bonchev–Trinajstić information content (AvgIpc) is 3.36. The summed E-state index contributed by atoms with van der Waals surface area (Å²) in [5, 5.41) is 2.79. The summed E-state index contributed by atoms with van der Waals surface area (Å²) < 4.78 is 0. The van der Waals surface area contributed by atoms with Crippen molar-refractivity contribution in [1.29, 1.82) is 0 Å². The number of hydrogen-bond acceptors (Lipinski definition) is 0. The lowest BCUT2D eigenvalue weighted by atomic mass is 9.82. The van der Waals surface area contributed by atoms with Gasteiger partial charge in [0.1, 0.15) is 0 Å². The summed E-state index contributed by atoms with van der Waals surface area (Å²) in [6.45, 7) is 2.24. The molecule has 0 heterocycles. The van der Waals surface area contributed by atoms with Crippen LogP contribution in [0.1, 0.15) is 51.0 Å². The molecule has 0 saturated heterocycles. The lowest BCUT2D eigenvalue weighted by Gasteiger charge is -2.22. The first-order valence-corrected chi connectivity index (χ1v) is 10.4. The second-order valence-corrected chi connectivity index (χ2v) is 8.70. The van der Waals surface area contributed by atoms with Crippen molar-refractivity contribution in [2.45, 2.75) is 51.9 Å². The van der Waals surface area contributed by atoms with E-state index in [1.54, 1.807) is 0 Å². The molecule has 0 aromatic heterocycles. The Morgan fingerprint density at radius 3 is 2.50 bits per heavy atom. The van der Waals surface area contributed by atoms with E-state index in [1.807, 2.05) is 0 Å². The molecule has 0 unspecified atom stereocenters. The highest BCUT2D eigenvalue weighted by Gasteiger charge is 2.43. The second-order valence-electron chi connectivity index (χ2n) is 8.70. The third kappa shape index (κ3) is 2.76. The molecule has 0 amide bonds. The molecule has 0 N–H and O–H groups in total. The molecule has 0 radical (unpaired) electrons. The van der Waals surface area contributed by atoms with Crippen LogP contribution in [0.4, 0.5) is 0 Å². The first-order valence-electron chi connectivity index (χ1n) is 10.4. The molecule has 0 nitrogen and oxygen atoms in total. The molecule has 3 aliphatic rings. The van der Waals surface area contributed by atoms with Gasteiger partial charge in [0, 0.05) is 0 Å². The molecule has 0 heteroatoms. The highest BCUT2D eigenvalue weighted by molar-refractivity contribution is 5.78. The molecular weight excluding hydrogens is 312 g/mol. The highest BCUT2D eigenvalue weighted by atomic mass is 14.5. The molecule has 132 valence electrons. The Kier molecular flexibility index (Phi) is 3.89. The van der Waals surface area contributed by atoms with Crippen molar-refractivity contribution in [2.75, 3.05) is 0 Å². The lowest BCUT2D eigenvalue weighted by molar-refractivity contribution is 0.383. The van der Waals surface area contributed by atoms with Gasteiger partial charge in [0.25, 0.3) is 0 Å². The van der Waals surface area contributed by atoms with Crippen molar-refractivity contribution in [3.05, 3.63) is 70.1 Å². The summed E-state index contributed by atoms with van der Waals surface area (Å²) in [5.41, 5.74) is 6.11. The summed E-state index contributed by atoms with van der Waals surface area (Å²) >= 11 is 0. The van der Waals surface area contributed by atoms with Gasteiger partial charge in [-0.25, -0.2) is 0 Å². The Bertz CT molecular complexity index is 964. The zero-order valence-corrected chi connectivity index (χ0v) is 15.8. The standard InChI is InChI=1S/C26H28/c1-2-4-19-7-9-22(10-8-19)24-6-3-5-23-15-21(16-25(23)24)18-26-13-11-20(17-26)12-14-26/h3,5-10,15-16,18,20H,2,4,11-14,17H2,1H3. The van der Waals surface area contributed by atoms with Gasteiger partial charge in [0.05, 0.1) is 0 Å². The van der Waals surface area contributed by atoms with E-state index in [0.717, 1.165) is 5.92 Å². The van der Waals surface area contributed by atoms with Crippen molar-refractivity contribution in [1.82, 2.24) is 0 Å². The summed E-state index contributed by atoms with van der Waals surface area (Å²) in [7, 11) is 0. The minimum Gasteiger partial charge on any atom is -0.0710 e. The molecular formula is C26H28. The van der Waals surface area contributed by atoms with Crippen LogP contribution in [0.2, 0.25) is 0 Å². The number of rotatable bonds is 4. The summed E-state index contributed by atoms with van der Waals surface area (Å²) in [6, 6.07) is 15.9. The smallest absolute Gasteiger partial charge is 0.00994 e.